The molecule has 0 heterocycles. The third-order valence-electron chi connectivity index (χ3n) is 2.62. The van der Waals surface area contributed by atoms with Crippen LogP contribution in [0.3, 0.4) is 0 Å². The lowest BCUT2D eigenvalue weighted by Crippen LogP contribution is -2.00. The van der Waals surface area contributed by atoms with Crippen LogP contribution in [-0.2, 0) is 0 Å². The minimum atomic E-state index is -1.17. The molecule has 0 aliphatic rings. The highest BCUT2D eigenvalue weighted by atomic mass is 19.1. The summed E-state index contributed by atoms with van der Waals surface area (Å²) in [7, 11) is 0. The Morgan fingerprint density at radius 3 is 2.60 bits per heavy atom. The molecule has 0 saturated heterocycles. The fourth-order valence-corrected chi connectivity index (χ4v) is 1.64. The normalized spacial score (nSPS) is 10.7. The van der Waals surface area contributed by atoms with E-state index in [0.29, 0.717) is 0 Å². The Morgan fingerprint density at radius 2 is 1.95 bits per heavy atom. The molecule has 0 aliphatic heterocycles. The molecule has 102 valence electrons. The van der Waals surface area contributed by atoms with Crippen LogP contribution in [0.5, 0.6) is 5.75 Å². The molecule has 3 nitrogen and oxygen atoms in total. The molecule has 0 atom stereocenters. The third kappa shape index (κ3) is 3.68. The van der Waals surface area contributed by atoms with Crippen LogP contribution in [-0.4, -0.2) is 17.7 Å². The lowest BCUT2D eigenvalue weighted by Gasteiger charge is -2.05. The summed E-state index contributed by atoms with van der Waals surface area (Å²) in [4.78, 5) is 10.7. The molecule has 0 amide bonds. The standard InChI is InChI=1S/C16H13FO3/c17-14-11-13(16(18)19)8-9-15(14)20-10-4-7-12-5-2-1-3-6-12/h1-9,11H,10H2,(H,18,19). The Morgan fingerprint density at radius 1 is 1.20 bits per heavy atom. The second kappa shape index (κ2) is 6.52. The van der Waals surface area contributed by atoms with Crippen molar-refractivity contribution in [3.63, 3.8) is 0 Å². The van der Waals surface area contributed by atoms with Crippen LogP contribution < -0.4 is 4.74 Å². The van der Waals surface area contributed by atoms with Crippen LogP contribution >= 0.6 is 0 Å². The largest absolute Gasteiger partial charge is 0.486 e. The van der Waals surface area contributed by atoms with Gasteiger partial charge >= 0.3 is 5.97 Å². The van der Waals surface area contributed by atoms with E-state index in [0.717, 1.165) is 11.6 Å². The number of aromatic carboxylic acids is 1. The Labute approximate surface area is 115 Å². The van der Waals surface area contributed by atoms with Gasteiger partial charge in [0.05, 0.1) is 5.56 Å². The van der Waals surface area contributed by atoms with Gasteiger partial charge < -0.3 is 9.84 Å². The van der Waals surface area contributed by atoms with E-state index in [1.165, 1.54) is 12.1 Å². The lowest BCUT2D eigenvalue weighted by molar-refractivity contribution is 0.0696. The van der Waals surface area contributed by atoms with E-state index in [1.807, 2.05) is 36.4 Å². The highest BCUT2D eigenvalue weighted by Crippen LogP contribution is 2.18. The van der Waals surface area contributed by atoms with Crippen molar-refractivity contribution in [2.75, 3.05) is 6.61 Å². The zero-order chi connectivity index (χ0) is 14.4. The predicted molar refractivity (Wildman–Crippen MR) is 74.3 cm³/mol. The first-order valence-electron chi connectivity index (χ1n) is 6.04. The molecule has 0 aliphatic carbocycles. The van der Waals surface area contributed by atoms with E-state index in [2.05, 4.69) is 0 Å². The Bertz CT molecular complexity index is 621. The maximum atomic E-state index is 13.5. The number of rotatable bonds is 5. The van der Waals surface area contributed by atoms with E-state index in [4.69, 9.17) is 9.84 Å². The van der Waals surface area contributed by atoms with E-state index >= 15 is 0 Å². The summed E-state index contributed by atoms with van der Waals surface area (Å²) in [5, 5.41) is 8.72. The monoisotopic (exact) mass is 272 g/mol. The summed E-state index contributed by atoms with van der Waals surface area (Å²) in [5.74, 6) is -1.81. The quantitative estimate of drug-likeness (QED) is 0.904. The Kier molecular flexibility index (Phi) is 4.50. The SMILES string of the molecule is O=C(O)c1ccc(OCC=Cc2ccccc2)c(F)c1. The van der Waals surface area contributed by atoms with Crippen molar-refractivity contribution in [1.82, 2.24) is 0 Å². The first-order valence-corrected chi connectivity index (χ1v) is 6.04. The number of carbonyl (C=O) groups is 1. The van der Waals surface area contributed by atoms with Gasteiger partial charge in [0.15, 0.2) is 11.6 Å². The molecule has 20 heavy (non-hydrogen) atoms. The molecule has 2 aromatic carbocycles. The maximum Gasteiger partial charge on any atom is 0.335 e. The van der Waals surface area contributed by atoms with Crippen molar-refractivity contribution in [2.24, 2.45) is 0 Å². The van der Waals surface area contributed by atoms with E-state index in [-0.39, 0.29) is 17.9 Å². The van der Waals surface area contributed by atoms with Crippen molar-refractivity contribution in [3.05, 3.63) is 71.6 Å². The lowest BCUT2D eigenvalue weighted by atomic mass is 10.2. The summed E-state index contributed by atoms with van der Waals surface area (Å²) in [6, 6.07) is 13.2. The molecule has 2 aromatic rings. The molecule has 0 fully saturated rings. The first kappa shape index (κ1) is 13.8. The highest BCUT2D eigenvalue weighted by Gasteiger charge is 2.08. The molecule has 1 N–H and O–H groups in total. The van der Waals surface area contributed by atoms with Crippen LogP contribution in [0.4, 0.5) is 4.39 Å². The van der Waals surface area contributed by atoms with E-state index in [1.54, 1.807) is 6.08 Å². The molecular formula is C16H13FO3. The molecule has 0 saturated carbocycles. The van der Waals surface area contributed by atoms with Crippen LogP contribution in [0, 0.1) is 5.82 Å². The summed E-state index contributed by atoms with van der Waals surface area (Å²) in [5.41, 5.74) is 0.924. The first-order chi connectivity index (χ1) is 9.66. The topological polar surface area (TPSA) is 46.5 Å². The molecule has 0 aromatic heterocycles. The minimum Gasteiger partial charge on any atom is -0.486 e. The van der Waals surface area contributed by atoms with Gasteiger partial charge in [0.25, 0.3) is 0 Å². The van der Waals surface area contributed by atoms with Gasteiger partial charge in [-0.1, -0.05) is 36.4 Å². The van der Waals surface area contributed by atoms with Crippen molar-refractivity contribution in [3.8, 4) is 5.75 Å². The van der Waals surface area contributed by atoms with Crippen molar-refractivity contribution >= 4 is 12.0 Å². The summed E-state index contributed by atoms with van der Waals surface area (Å²) >= 11 is 0. The van der Waals surface area contributed by atoms with Gasteiger partial charge in [-0.15, -0.1) is 0 Å². The Balaban J connectivity index is 1.94. The van der Waals surface area contributed by atoms with Crippen molar-refractivity contribution in [2.45, 2.75) is 0 Å². The zero-order valence-corrected chi connectivity index (χ0v) is 10.6. The van der Waals surface area contributed by atoms with Gasteiger partial charge in [-0.05, 0) is 29.8 Å². The van der Waals surface area contributed by atoms with Gasteiger partial charge in [0.1, 0.15) is 6.61 Å². The second-order valence-corrected chi connectivity index (χ2v) is 4.07. The van der Waals surface area contributed by atoms with E-state index < -0.39 is 11.8 Å². The zero-order valence-electron chi connectivity index (χ0n) is 10.6. The number of halogens is 1. The highest BCUT2D eigenvalue weighted by molar-refractivity contribution is 5.87. The van der Waals surface area contributed by atoms with Gasteiger partial charge in [-0.2, -0.15) is 0 Å². The number of carboxylic acids is 1. The van der Waals surface area contributed by atoms with Crippen molar-refractivity contribution in [1.29, 1.82) is 0 Å². The van der Waals surface area contributed by atoms with Crippen molar-refractivity contribution < 1.29 is 19.0 Å². The van der Waals surface area contributed by atoms with Crippen LogP contribution in [0.2, 0.25) is 0 Å². The fourth-order valence-electron chi connectivity index (χ4n) is 1.64. The van der Waals surface area contributed by atoms with Crippen LogP contribution in [0.25, 0.3) is 6.08 Å². The van der Waals surface area contributed by atoms with Crippen LogP contribution in [0.15, 0.2) is 54.6 Å². The molecule has 0 unspecified atom stereocenters. The molecule has 4 heteroatoms. The van der Waals surface area contributed by atoms with Gasteiger partial charge in [-0.25, -0.2) is 9.18 Å². The number of carboxylic acid groups (broad SMARTS) is 1. The predicted octanol–water partition coefficient (Wildman–Crippen LogP) is 3.62. The second-order valence-electron chi connectivity index (χ2n) is 4.07. The average Bonchev–Trinajstić information content (AvgIpc) is 2.46. The van der Waals surface area contributed by atoms with Gasteiger partial charge in [0, 0.05) is 0 Å². The smallest absolute Gasteiger partial charge is 0.335 e. The number of hydrogen-bond acceptors (Lipinski definition) is 2. The number of ether oxygens (including phenoxy) is 1. The maximum absolute atomic E-state index is 13.5. The van der Waals surface area contributed by atoms with E-state index in [9.17, 15) is 9.18 Å². The van der Waals surface area contributed by atoms with Gasteiger partial charge in [-0.3, -0.25) is 0 Å². The molecular weight excluding hydrogens is 259 g/mol. The molecule has 0 radical (unpaired) electrons. The van der Waals surface area contributed by atoms with Crippen LogP contribution in [0.1, 0.15) is 15.9 Å². The van der Waals surface area contributed by atoms with Gasteiger partial charge in [0.2, 0.25) is 0 Å². The molecule has 0 spiro atoms. The summed E-state index contributed by atoms with van der Waals surface area (Å²) < 4.78 is 18.8. The molecule has 0 bridgehead atoms. The minimum absolute atomic E-state index is 0.0349. The molecule has 2 rings (SSSR count). The number of benzene rings is 2. The number of hydrogen-bond donors (Lipinski definition) is 1. The third-order valence-corrected chi connectivity index (χ3v) is 2.62. The summed E-state index contributed by atoms with van der Waals surface area (Å²) in [6.45, 7) is 0.207. The summed E-state index contributed by atoms with van der Waals surface area (Å²) in [6.07, 6.45) is 3.63. The Hall–Kier alpha value is -2.62. The average molecular weight is 272 g/mol. The fraction of sp³-hybridized carbons (Fsp3) is 0.0625.